The molecule has 0 aliphatic carbocycles. The quantitative estimate of drug-likeness (QED) is 0.799. The van der Waals surface area contributed by atoms with E-state index in [1.54, 1.807) is 7.11 Å². The predicted molar refractivity (Wildman–Crippen MR) is 83.6 cm³/mol. The van der Waals surface area contributed by atoms with Crippen LogP contribution in [0.15, 0.2) is 36.7 Å². The number of pyridine rings is 1. The largest absolute Gasteiger partial charge is 0.491 e. The molecule has 21 heavy (non-hydrogen) atoms. The van der Waals surface area contributed by atoms with Crippen LogP contribution in [0.2, 0.25) is 0 Å². The van der Waals surface area contributed by atoms with Crippen molar-refractivity contribution in [2.24, 2.45) is 0 Å². The van der Waals surface area contributed by atoms with Gasteiger partial charge in [-0.3, -0.25) is 4.98 Å². The van der Waals surface area contributed by atoms with E-state index in [2.05, 4.69) is 32.4 Å². The lowest BCUT2D eigenvalue weighted by Crippen LogP contribution is -2.00. The molecule has 1 N–H and O–H groups in total. The number of nitrogens with zero attached hydrogens (tertiary/aromatic N) is 3. The molecule has 1 aromatic carbocycles. The second-order valence-electron chi connectivity index (χ2n) is 4.71. The number of rotatable bonds is 3. The smallest absolute Gasteiger partial charge is 0.187 e. The Balaban J connectivity index is 2.18. The molecule has 0 saturated heterocycles. The van der Waals surface area contributed by atoms with E-state index in [-0.39, 0.29) is 0 Å². The Bertz CT molecular complexity index is 801. The van der Waals surface area contributed by atoms with Gasteiger partial charge in [-0.15, -0.1) is 0 Å². The molecule has 0 atom stereocenters. The van der Waals surface area contributed by atoms with Crippen molar-refractivity contribution in [3.8, 4) is 17.0 Å². The number of anilines is 1. The van der Waals surface area contributed by atoms with Crippen molar-refractivity contribution in [1.29, 1.82) is 0 Å². The Hall–Kier alpha value is -2.69. The third-order valence-electron chi connectivity index (χ3n) is 3.35. The van der Waals surface area contributed by atoms with Gasteiger partial charge in [-0.05, 0) is 25.1 Å². The minimum absolute atomic E-state index is 0.638. The summed E-state index contributed by atoms with van der Waals surface area (Å²) in [5.74, 6) is 1.31. The minimum Gasteiger partial charge on any atom is -0.491 e. The summed E-state index contributed by atoms with van der Waals surface area (Å²) in [5.41, 5.74) is 3.72. The molecule has 0 bridgehead atoms. The highest BCUT2D eigenvalue weighted by Gasteiger charge is 2.13. The van der Waals surface area contributed by atoms with Crippen LogP contribution in [0.25, 0.3) is 22.2 Å². The zero-order valence-corrected chi connectivity index (χ0v) is 12.2. The Morgan fingerprint density at radius 3 is 2.71 bits per heavy atom. The van der Waals surface area contributed by atoms with Crippen molar-refractivity contribution >= 4 is 16.7 Å². The van der Waals surface area contributed by atoms with E-state index in [0.717, 1.165) is 27.9 Å². The van der Waals surface area contributed by atoms with Crippen LogP contribution in [0.5, 0.6) is 5.75 Å². The number of nitrogens with one attached hydrogen (secondary N) is 1. The van der Waals surface area contributed by atoms with Crippen LogP contribution in [-0.4, -0.2) is 29.1 Å². The zero-order chi connectivity index (χ0) is 14.8. The van der Waals surface area contributed by atoms with E-state index in [0.29, 0.717) is 11.6 Å². The lowest BCUT2D eigenvalue weighted by molar-refractivity contribution is 0.415. The van der Waals surface area contributed by atoms with Crippen molar-refractivity contribution in [2.45, 2.75) is 6.92 Å². The van der Waals surface area contributed by atoms with Gasteiger partial charge in [-0.1, -0.05) is 12.1 Å². The van der Waals surface area contributed by atoms with Crippen LogP contribution in [0.3, 0.4) is 0 Å². The van der Waals surface area contributed by atoms with Gasteiger partial charge >= 0.3 is 0 Å². The number of methoxy groups -OCH3 is 1. The molecular weight excluding hydrogens is 264 g/mol. The number of ether oxygens (including phenoxy) is 1. The van der Waals surface area contributed by atoms with Gasteiger partial charge in [-0.25, -0.2) is 9.97 Å². The molecule has 0 aliphatic heterocycles. The number of fused-ring (bicyclic) bond motifs is 1. The van der Waals surface area contributed by atoms with Crippen LogP contribution >= 0.6 is 0 Å². The average molecular weight is 280 g/mol. The molecule has 0 unspecified atom stereocenters. The fraction of sp³-hybridized carbons (Fsp3) is 0.188. The summed E-state index contributed by atoms with van der Waals surface area (Å²) in [6.45, 7) is 1.99. The molecule has 0 fully saturated rings. The van der Waals surface area contributed by atoms with Crippen LogP contribution in [0, 0.1) is 6.92 Å². The first-order valence-corrected chi connectivity index (χ1v) is 6.67. The van der Waals surface area contributed by atoms with E-state index in [9.17, 15) is 0 Å². The SMILES string of the molecule is CNc1ncnc(-c2ccc3nc(C)ccc3c2)c1OC. The molecule has 5 nitrogen and oxygen atoms in total. The summed E-state index contributed by atoms with van der Waals surface area (Å²) in [6, 6.07) is 10.1. The standard InChI is InChI=1S/C16H16N4O/c1-10-4-5-11-8-12(6-7-13(11)20-10)14-15(21-3)16(17-2)19-9-18-14/h4-9H,1-3H3,(H,17,18,19). The van der Waals surface area contributed by atoms with Gasteiger partial charge in [0, 0.05) is 23.7 Å². The molecule has 0 radical (unpaired) electrons. The van der Waals surface area contributed by atoms with Crippen molar-refractivity contribution < 1.29 is 4.74 Å². The molecule has 5 heteroatoms. The molecule has 0 saturated carbocycles. The number of aromatic nitrogens is 3. The maximum atomic E-state index is 5.45. The Kier molecular flexibility index (Phi) is 3.39. The summed E-state index contributed by atoms with van der Waals surface area (Å²) < 4.78 is 5.45. The predicted octanol–water partition coefficient (Wildman–Crippen LogP) is 3.05. The Labute approximate surface area is 123 Å². The first-order chi connectivity index (χ1) is 10.2. The molecule has 106 valence electrons. The van der Waals surface area contributed by atoms with Gasteiger partial charge in [0.1, 0.15) is 12.0 Å². The van der Waals surface area contributed by atoms with Crippen molar-refractivity contribution in [2.75, 3.05) is 19.5 Å². The second-order valence-corrected chi connectivity index (χ2v) is 4.71. The minimum atomic E-state index is 0.638. The second kappa shape index (κ2) is 5.36. The fourth-order valence-electron chi connectivity index (χ4n) is 2.33. The molecule has 0 aliphatic rings. The highest BCUT2D eigenvalue weighted by Crippen LogP contribution is 2.33. The highest BCUT2D eigenvalue weighted by molar-refractivity contribution is 5.85. The molecule has 3 aromatic rings. The van der Waals surface area contributed by atoms with Crippen LogP contribution in [0.1, 0.15) is 5.69 Å². The highest BCUT2D eigenvalue weighted by atomic mass is 16.5. The van der Waals surface area contributed by atoms with Gasteiger partial charge in [0.25, 0.3) is 0 Å². The van der Waals surface area contributed by atoms with Gasteiger partial charge in [0.15, 0.2) is 11.6 Å². The van der Waals surface area contributed by atoms with Crippen molar-refractivity contribution in [1.82, 2.24) is 15.0 Å². The molecule has 2 heterocycles. The summed E-state index contributed by atoms with van der Waals surface area (Å²) >= 11 is 0. The Morgan fingerprint density at radius 2 is 1.95 bits per heavy atom. The van der Waals surface area contributed by atoms with Crippen molar-refractivity contribution in [3.05, 3.63) is 42.4 Å². The third kappa shape index (κ3) is 2.38. The van der Waals surface area contributed by atoms with E-state index in [4.69, 9.17) is 4.74 Å². The third-order valence-corrected chi connectivity index (χ3v) is 3.35. The molecule has 2 aromatic heterocycles. The first kappa shape index (κ1) is 13.3. The maximum Gasteiger partial charge on any atom is 0.187 e. The monoisotopic (exact) mass is 280 g/mol. The first-order valence-electron chi connectivity index (χ1n) is 6.67. The molecule has 0 amide bonds. The van der Waals surface area contributed by atoms with Gasteiger partial charge in [0.2, 0.25) is 0 Å². The lowest BCUT2D eigenvalue weighted by Gasteiger charge is -2.11. The van der Waals surface area contributed by atoms with Crippen LogP contribution in [0.4, 0.5) is 5.82 Å². The van der Waals surface area contributed by atoms with Crippen LogP contribution < -0.4 is 10.1 Å². The normalized spacial score (nSPS) is 10.6. The summed E-state index contributed by atoms with van der Waals surface area (Å²) in [5, 5.41) is 4.09. The van der Waals surface area contributed by atoms with Crippen LogP contribution in [-0.2, 0) is 0 Å². The van der Waals surface area contributed by atoms with E-state index < -0.39 is 0 Å². The molecular formula is C16H16N4O. The number of aryl methyl sites for hydroxylation is 1. The summed E-state index contributed by atoms with van der Waals surface area (Å²) in [7, 11) is 3.43. The number of hydrogen-bond donors (Lipinski definition) is 1. The van der Waals surface area contributed by atoms with E-state index in [1.807, 2.05) is 32.2 Å². The van der Waals surface area contributed by atoms with Crippen molar-refractivity contribution in [3.63, 3.8) is 0 Å². The number of benzene rings is 1. The van der Waals surface area contributed by atoms with Gasteiger partial charge < -0.3 is 10.1 Å². The van der Waals surface area contributed by atoms with E-state index >= 15 is 0 Å². The van der Waals surface area contributed by atoms with E-state index in [1.165, 1.54) is 6.33 Å². The lowest BCUT2D eigenvalue weighted by atomic mass is 10.1. The zero-order valence-electron chi connectivity index (χ0n) is 12.2. The molecule has 0 spiro atoms. The topological polar surface area (TPSA) is 59.9 Å². The summed E-state index contributed by atoms with van der Waals surface area (Å²) in [6.07, 6.45) is 1.53. The molecule has 3 rings (SSSR count). The van der Waals surface area contributed by atoms with Gasteiger partial charge in [0.05, 0.1) is 12.6 Å². The number of hydrogen-bond acceptors (Lipinski definition) is 5. The fourth-order valence-corrected chi connectivity index (χ4v) is 2.33. The summed E-state index contributed by atoms with van der Waals surface area (Å²) in [4.78, 5) is 13.0. The maximum absolute atomic E-state index is 5.45. The Morgan fingerprint density at radius 1 is 1.10 bits per heavy atom. The van der Waals surface area contributed by atoms with Gasteiger partial charge in [-0.2, -0.15) is 0 Å². The average Bonchev–Trinajstić information content (AvgIpc) is 2.53.